The number of amides is 1. The molecule has 1 heterocycles. The first-order chi connectivity index (χ1) is 9.58. The fourth-order valence-electron chi connectivity index (χ4n) is 1.80. The average molecular weight is 337 g/mol. The first-order valence-corrected chi connectivity index (χ1v) is 6.96. The minimum absolute atomic E-state index is 0.189. The number of pyridine rings is 1. The van der Waals surface area contributed by atoms with Gasteiger partial charge in [0.15, 0.2) is 0 Å². The lowest BCUT2D eigenvalue weighted by Gasteiger charge is -2.17. The Bertz CT molecular complexity index is 604. The van der Waals surface area contributed by atoms with E-state index < -0.39 is 5.82 Å². The van der Waals surface area contributed by atoms with Crippen LogP contribution < -0.4 is 0 Å². The van der Waals surface area contributed by atoms with E-state index in [1.54, 1.807) is 36.5 Å². The van der Waals surface area contributed by atoms with Crippen LogP contribution in [0.5, 0.6) is 0 Å². The summed E-state index contributed by atoms with van der Waals surface area (Å²) in [4.78, 5) is 17.7. The number of hydrogen-bond donors (Lipinski definition) is 0. The summed E-state index contributed by atoms with van der Waals surface area (Å²) in [6.45, 7) is 0.570. The highest BCUT2D eigenvalue weighted by Gasteiger charge is 2.13. The average Bonchev–Trinajstić information content (AvgIpc) is 2.48. The van der Waals surface area contributed by atoms with Gasteiger partial charge in [-0.3, -0.25) is 9.78 Å². The largest absolute Gasteiger partial charge is 0.341 e. The molecule has 0 radical (unpaired) electrons. The van der Waals surface area contributed by atoms with Gasteiger partial charge in [0.1, 0.15) is 5.82 Å². The van der Waals surface area contributed by atoms with Crippen molar-refractivity contribution >= 4 is 21.8 Å². The van der Waals surface area contributed by atoms with Crippen LogP contribution in [0.3, 0.4) is 0 Å². The Morgan fingerprint density at radius 1 is 1.30 bits per heavy atom. The number of likely N-dealkylation sites (N-methyl/N-ethyl adjacent to an activating group) is 1. The summed E-state index contributed by atoms with van der Waals surface area (Å²) in [7, 11) is 1.71. The van der Waals surface area contributed by atoms with E-state index >= 15 is 0 Å². The van der Waals surface area contributed by atoms with E-state index in [-0.39, 0.29) is 5.91 Å². The molecule has 0 N–H and O–H groups in total. The molecule has 0 aliphatic carbocycles. The number of aromatic nitrogens is 1. The second-order valence-corrected chi connectivity index (χ2v) is 5.32. The molecule has 20 heavy (non-hydrogen) atoms. The Morgan fingerprint density at radius 2 is 2.00 bits per heavy atom. The Morgan fingerprint density at radius 3 is 2.65 bits per heavy atom. The molecule has 0 atom stereocenters. The molecule has 1 aromatic heterocycles. The zero-order valence-corrected chi connectivity index (χ0v) is 12.6. The highest BCUT2D eigenvalue weighted by atomic mass is 79.9. The number of benzene rings is 1. The number of hydrogen-bond acceptors (Lipinski definition) is 2. The molecular formula is C15H14BrFN2O. The van der Waals surface area contributed by atoms with Crippen molar-refractivity contribution in [3.8, 4) is 0 Å². The van der Waals surface area contributed by atoms with Crippen LogP contribution >= 0.6 is 15.9 Å². The van der Waals surface area contributed by atoms with E-state index in [0.29, 0.717) is 16.6 Å². The first kappa shape index (κ1) is 14.7. The molecule has 104 valence electrons. The highest BCUT2D eigenvalue weighted by Crippen LogP contribution is 2.17. The van der Waals surface area contributed by atoms with Crippen molar-refractivity contribution in [3.63, 3.8) is 0 Å². The molecule has 5 heteroatoms. The van der Waals surface area contributed by atoms with Crippen LogP contribution in [0.1, 0.15) is 15.9 Å². The maximum absolute atomic E-state index is 13.4. The van der Waals surface area contributed by atoms with Crippen molar-refractivity contribution in [2.45, 2.75) is 6.42 Å². The third-order valence-electron chi connectivity index (χ3n) is 3.00. The summed E-state index contributed by atoms with van der Waals surface area (Å²) in [6.07, 6.45) is 4.19. The van der Waals surface area contributed by atoms with Crippen LogP contribution in [-0.4, -0.2) is 29.4 Å². The molecular weight excluding hydrogens is 323 g/mol. The lowest BCUT2D eigenvalue weighted by atomic mass is 10.1. The third-order valence-corrected chi connectivity index (χ3v) is 3.64. The lowest BCUT2D eigenvalue weighted by Crippen LogP contribution is -2.28. The van der Waals surface area contributed by atoms with Crippen molar-refractivity contribution < 1.29 is 9.18 Å². The van der Waals surface area contributed by atoms with E-state index in [9.17, 15) is 9.18 Å². The summed E-state index contributed by atoms with van der Waals surface area (Å²) in [6, 6.07) is 8.22. The fourth-order valence-corrected chi connectivity index (χ4v) is 2.04. The van der Waals surface area contributed by atoms with Gasteiger partial charge in [-0.25, -0.2) is 4.39 Å². The topological polar surface area (TPSA) is 33.2 Å². The first-order valence-electron chi connectivity index (χ1n) is 6.17. The molecule has 1 amide bonds. The fraction of sp³-hybridized carbons (Fsp3) is 0.200. The second-order valence-electron chi connectivity index (χ2n) is 4.46. The van der Waals surface area contributed by atoms with Crippen molar-refractivity contribution in [1.29, 1.82) is 0 Å². The van der Waals surface area contributed by atoms with Gasteiger partial charge in [0.2, 0.25) is 0 Å². The van der Waals surface area contributed by atoms with Crippen LogP contribution in [0.25, 0.3) is 0 Å². The van der Waals surface area contributed by atoms with E-state index in [4.69, 9.17) is 0 Å². The SMILES string of the molecule is CN(CCc1ccncc1)C(=O)c1ccc(Br)c(F)c1. The van der Waals surface area contributed by atoms with Crippen molar-refractivity contribution in [1.82, 2.24) is 9.88 Å². The van der Waals surface area contributed by atoms with Gasteiger partial charge < -0.3 is 4.90 Å². The second kappa shape index (κ2) is 6.61. The minimum Gasteiger partial charge on any atom is -0.341 e. The van der Waals surface area contributed by atoms with Crippen molar-refractivity contribution in [2.75, 3.05) is 13.6 Å². The number of halogens is 2. The smallest absolute Gasteiger partial charge is 0.253 e. The quantitative estimate of drug-likeness (QED) is 0.858. The Kier molecular flexibility index (Phi) is 4.84. The van der Waals surface area contributed by atoms with Crippen LogP contribution in [-0.2, 0) is 6.42 Å². The summed E-state index contributed by atoms with van der Waals surface area (Å²) < 4.78 is 13.8. The summed E-state index contributed by atoms with van der Waals surface area (Å²) >= 11 is 3.07. The number of nitrogens with zero attached hydrogens (tertiary/aromatic N) is 2. The van der Waals surface area contributed by atoms with Crippen LogP contribution in [0, 0.1) is 5.82 Å². The van der Waals surface area contributed by atoms with Gasteiger partial charge in [-0.2, -0.15) is 0 Å². The lowest BCUT2D eigenvalue weighted by molar-refractivity contribution is 0.0796. The zero-order valence-electron chi connectivity index (χ0n) is 11.0. The summed E-state index contributed by atoms with van der Waals surface area (Å²) in [5.41, 5.74) is 1.46. The molecule has 0 aliphatic rings. The molecule has 0 saturated carbocycles. The molecule has 1 aromatic carbocycles. The Balaban J connectivity index is 1.99. The van der Waals surface area contributed by atoms with Crippen molar-refractivity contribution in [3.05, 3.63) is 64.1 Å². The van der Waals surface area contributed by atoms with Gasteiger partial charge in [-0.1, -0.05) is 0 Å². The number of rotatable bonds is 4. The van der Waals surface area contributed by atoms with Gasteiger partial charge in [0, 0.05) is 31.5 Å². The zero-order chi connectivity index (χ0) is 14.5. The van der Waals surface area contributed by atoms with E-state index in [1.807, 2.05) is 12.1 Å². The molecule has 0 aliphatic heterocycles. The van der Waals surface area contributed by atoms with Gasteiger partial charge in [0.25, 0.3) is 5.91 Å². The standard InChI is InChI=1S/C15H14BrFN2O/c1-19(9-6-11-4-7-18-8-5-11)15(20)12-2-3-13(16)14(17)10-12/h2-5,7-8,10H,6,9H2,1H3. The maximum Gasteiger partial charge on any atom is 0.253 e. The van der Waals surface area contributed by atoms with Crippen LogP contribution in [0.2, 0.25) is 0 Å². The van der Waals surface area contributed by atoms with Crippen LogP contribution in [0.15, 0.2) is 47.2 Å². The molecule has 0 saturated heterocycles. The van der Waals surface area contributed by atoms with Crippen LogP contribution in [0.4, 0.5) is 4.39 Å². The third kappa shape index (κ3) is 3.63. The molecule has 2 rings (SSSR count). The highest BCUT2D eigenvalue weighted by molar-refractivity contribution is 9.10. The summed E-state index contributed by atoms with van der Waals surface area (Å²) in [5.74, 6) is -0.621. The molecule has 0 unspecified atom stereocenters. The van der Waals surface area contributed by atoms with Gasteiger partial charge in [0.05, 0.1) is 4.47 Å². The molecule has 3 nitrogen and oxygen atoms in total. The minimum atomic E-state index is -0.432. The summed E-state index contributed by atoms with van der Waals surface area (Å²) in [5, 5.41) is 0. The number of carbonyl (C=O) groups is 1. The van der Waals surface area contributed by atoms with E-state index in [1.165, 1.54) is 6.07 Å². The Hall–Kier alpha value is -1.75. The predicted octanol–water partition coefficient (Wildman–Crippen LogP) is 3.30. The predicted molar refractivity (Wildman–Crippen MR) is 79.0 cm³/mol. The number of carbonyl (C=O) groups excluding carboxylic acids is 1. The normalized spacial score (nSPS) is 10.3. The molecule has 2 aromatic rings. The van der Waals surface area contributed by atoms with E-state index in [2.05, 4.69) is 20.9 Å². The molecule has 0 bridgehead atoms. The van der Waals surface area contributed by atoms with Crippen molar-refractivity contribution in [2.24, 2.45) is 0 Å². The van der Waals surface area contributed by atoms with Gasteiger partial charge in [-0.15, -0.1) is 0 Å². The molecule has 0 spiro atoms. The van der Waals surface area contributed by atoms with Gasteiger partial charge in [-0.05, 0) is 58.2 Å². The Labute approximate surface area is 125 Å². The van der Waals surface area contributed by atoms with Gasteiger partial charge >= 0.3 is 0 Å². The maximum atomic E-state index is 13.4. The molecule has 0 fully saturated rings. The monoisotopic (exact) mass is 336 g/mol. The van der Waals surface area contributed by atoms with E-state index in [0.717, 1.165) is 12.0 Å².